The minimum atomic E-state index is -0.365. The molecule has 0 aliphatic carbocycles. The Bertz CT molecular complexity index is 1710. The van der Waals surface area contributed by atoms with E-state index >= 15 is 0 Å². The lowest BCUT2D eigenvalue weighted by molar-refractivity contribution is -0.188. The SMILES string of the molecule is COC1C(N)CC2OC1n1c3ccccc3c3c4c(c5c6ccccc6n2c5c31)C(=O)N(C)C4. The van der Waals surface area contributed by atoms with Crippen LogP contribution in [0.5, 0.6) is 0 Å². The number of para-hydroxylation sites is 2. The van der Waals surface area contributed by atoms with Crippen LogP contribution >= 0.6 is 0 Å². The van der Waals surface area contributed by atoms with E-state index in [1.54, 1.807) is 7.11 Å². The first-order valence-electron chi connectivity index (χ1n) is 11.8. The number of rotatable bonds is 1. The summed E-state index contributed by atoms with van der Waals surface area (Å²) >= 11 is 0. The van der Waals surface area contributed by atoms with Crippen LogP contribution < -0.4 is 5.73 Å². The maximum Gasteiger partial charge on any atom is 0.254 e. The molecule has 4 atom stereocenters. The lowest BCUT2D eigenvalue weighted by Gasteiger charge is -2.40. The van der Waals surface area contributed by atoms with Crippen molar-refractivity contribution in [3.63, 3.8) is 0 Å². The van der Waals surface area contributed by atoms with Gasteiger partial charge in [-0.1, -0.05) is 36.4 Å². The summed E-state index contributed by atoms with van der Waals surface area (Å²) in [5.74, 6) is 0.0799. The molecule has 170 valence electrons. The molecule has 4 unspecified atom stereocenters. The van der Waals surface area contributed by atoms with E-state index in [-0.39, 0.29) is 30.5 Å². The van der Waals surface area contributed by atoms with E-state index in [0.717, 1.165) is 54.7 Å². The molecule has 2 bridgehead atoms. The van der Waals surface area contributed by atoms with Crippen molar-refractivity contribution in [2.75, 3.05) is 14.2 Å². The van der Waals surface area contributed by atoms with Gasteiger partial charge in [-0.3, -0.25) is 4.79 Å². The van der Waals surface area contributed by atoms with Gasteiger partial charge in [-0.25, -0.2) is 0 Å². The van der Waals surface area contributed by atoms with Crippen molar-refractivity contribution in [2.45, 2.75) is 37.6 Å². The van der Waals surface area contributed by atoms with Gasteiger partial charge in [0.25, 0.3) is 5.91 Å². The maximum absolute atomic E-state index is 13.6. The standard InChI is InChI=1S/C27H24N4O3/c1-29-12-15-20-13-7-3-6-10-18(13)31-23(20)24-21(22(15)26(29)32)14-8-4-5-9-17(14)30(24)19-11-16(28)25(33-2)27(31)34-19/h3-10,16,19,25,27H,11-12,28H2,1-2H3. The fraction of sp³-hybridized carbons (Fsp3) is 0.296. The van der Waals surface area contributed by atoms with Gasteiger partial charge < -0.3 is 29.2 Å². The van der Waals surface area contributed by atoms with Gasteiger partial charge in [0, 0.05) is 54.7 Å². The number of hydrogen-bond donors (Lipinski definition) is 1. The van der Waals surface area contributed by atoms with Crippen molar-refractivity contribution in [1.82, 2.24) is 14.0 Å². The first kappa shape index (κ1) is 19.0. The van der Waals surface area contributed by atoms with Crippen LogP contribution in [-0.4, -0.2) is 46.2 Å². The van der Waals surface area contributed by atoms with E-state index in [1.165, 1.54) is 0 Å². The molecule has 2 N–H and O–H groups in total. The lowest BCUT2D eigenvalue weighted by atomic mass is 9.97. The monoisotopic (exact) mass is 452 g/mol. The number of carbonyl (C=O) groups is 1. The minimum Gasteiger partial charge on any atom is -0.375 e. The number of fused-ring (bicyclic) bond motifs is 13. The molecule has 7 heteroatoms. The van der Waals surface area contributed by atoms with Gasteiger partial charge in [0.1, 0.15) is 12.3 Å². The fourth-order valence-electron chi connectivity index (χ4n) is 6.82. The Hall–Kier alpha value is -3.39. The van der Waals surface area contributed by atoms with E-state index < -0.39 is 0 Å². The highest BCUT2D eigenvalue weighted by atomic mass is 16.6. The largest absolute Gasteiger partial charge is 0.375 e. The topological polar surface area (TPSA) is 74.6 Å². The smallest absolute Gasteiger partial charge is 0.254 e. The average Bonchev–Trinajstić information content (AvgIpc) is 3.43. The van der Waals surface area contributed by atoms with Gasteiger partial charge >= 0.3 is 0 Å². The van der Waals surface area contributed by atoms with E-state index in [0.29, 0.717) is 13.0 Å². The van der Waals surface area contributed by atoms with Crippen LogP contribution in [0.3, 0.4) is 0 Å². The van der Waals surface area contributed by atoms with Crippen molar-refractivity contribution >= 4 is 49.5 Å². The van der Waals surface area contributed by atoms with Crippen LogP contribution in [-0.2, 0) is 16.0 Å². The Morgan fingerprint density at radius 3 is 2.35 bits per heavy atom. The third-order valence-electron chi connectivity index (χ3n) is 8.14. The summed E-state index contributed by atoms with van der Waals surface area (Å²) in [5.41, 5.74) is 13.0. The van der Waals surface area contributed by atoms with Crippen LogP contribution in [0.15, 0.2) is 48.5 Å². The molecule has 0 saturated carbocycles. The third-order valence-corrected chi connectivity index (χ3v) is 8.14. The van der Waals surface area contributed by atoms with Crippen LogP contribution in [0, 0.1) is 0 Å². The second-order valence-electron chi connectivity index (χ2n) is 9.82. The molecule has 0 radical (unpaired) electrons. The van der Waals surface area contributed by atoms with Gasteiger partial charge in [0.05, 0.1) is 27.6 Å². The zero-order valence-electron chi connectivity index (χ0n) is 19.0. The summed E-state index contributed by atoms with van der Waals surface area (Å²) in [7, 11) is 3.60. The number of nitrogens with two attached hydrogens (primary N) is 1. The molecule has 3 aromatic carbocycles. The highest BCUT2D eigenvalue weighted by Crippen LogP contribution is 2.52. The predicted octanol–water partition coefficient (Wildman–Crippen LogP) is 4.26. The molecule has 3 aliphatic heterocycles. The Kier molecular flexibility index (Phi) is 3.45. The van der Waals surface area contributed by atoms with E-state index in [2.05, 4.69) is 51.6 Å². The molecule has 34 heavy (non-hydrogen) atoms. The van der Waals surface area contributed by atoms with Gasteiger partial charge in [-0.2, -0.15) is 0 Å². The zero-order chi connectivity index (χ0) is 22.9. The second kappa shape index (κ2) is 6.18. The highest BCUT2D eigenvalue weighted by molar-refractivity contribution is 6.30. The number of methoxy groups -OCH3 is 1. The molecule has 1 saturated heterocycles. The quantitative estimate of drug-likeness (QED) is 0.412. The predicted molar refractivity (Wildman–Crippen MR) is 131 cm³/mol. The molecule has 1 fully saturated rings. The maximum atomic E-state index is 13.6. The molecule has 8 rings (SSSR count). The summed E-state index contributed by atoms with van der Waals surface area (Å²) in [6.07, 6.45) is -0.254. The number of ether oxygens (including phenoxy) is 2. The van der Waals surface area contributed by atoms with Crippen molar-refractivity contribution < 1.29 is 14.3 Å². The zero-order valence-corrected chi connectivity index (χ0v) is 19.0. The highest BCUT2D eigenvalue weighted by Gasteiger charge is 2.45. The molecule has 5 heterocycles. The molecular formula is C27H24N4O3. The molecule has 2 aromatic heterocycles. The summed E-state index contributed by atoms with van der Waals surface area (Å²) in [6.45, 7) is 0.594. The van der Waals surface area contributed by atoms with Crippen molar-refractivity contribution in [1.29, 1.82) is 0 Å². The summed E-state index contributed by atoms with van der Waals surface area (Å²) < 4.78 is 17.3. The number of amides is 1. The van der Waals surface area contributed by atoms with E-state index in [9.17, 15) is 4.79 Å². The van der Waals surface area contributed by atoms with Gasteiger partial charge in [0.15, 0.2) is 6.23 Å². The van der Waals surface area contributed by atoms with Gasteiger partial charge in [-0.15, -0.1) is 0 Å². The number of hydrogen-bond acceptors (Lipinski definition) is 4. The first-order valence-corrected chi connectivity index (χ1v) is 11.8. The molecule has 7 nitrogen and oxygen atoms in total. The van der Waals surface area contributed by atoms with Crippen LogP contribution in [0.1, 0.15) is 34.8 Å². The average molecular weight is 453 g/mol. The third kappa shape index (κ3) is 1.99. The van der Waals surface area contributed by atoms with E-state index in [1.807, 2.05) is 18.0 Å². The van der Waals surface area contributed by atoms with Crippen molar-refractivity contribution in [3.05, 3.63) is 59.7 Å². The van der Waals surface area contributed by atoms with Crippen molar-refractivity contribution in [2.24, 2.45) is 5.73 Å². The number of aromatic nitrogens is 2. The Labute approximate surface area is 195 Å². The fourth-order valence-corrected chi connectivity index (χ4v) is 6.82. The molecule has 0 spiro atoms. The molecule has 5 aromatic rings. The van der Waals surface area contributed by atoms with Gasteiger partial charge in [-0.05, 0) is 17.7 Å². The lowest BCUT2D eigenvalue weighted by Crippen LogP contribution is -2.49. The normalized spacial score (nSPS) is 25.9. The number of nitrogens with zero attached hydrogens (tertiary/aromatic N) is 3. The first-order chi connectivity index (χ1) is 16.6. The Morgan fingerprint density at radius 1 is 0.971 bits per heavy atom. The van der Waals surface area contributed by atoms with Crippen LogP contribution in [0.2, 0.25) is 0 Å². The van der Waals surface area contributed by atoms with Gasteiger partial charge in [0.2, 0.25) is 0 Å². The Morgan fingerprint density at radius 2 is 1.62 bits per heavy atom. The number of carbonyl (C=O) groups excluding carboxylic acids is 1. The molecule has 3 aliphatic rings. The van der Waals surface area contributed by atoms with E-state index in [4.69, 9.17) is 15.2 Å². The van der Waals surface area contributed by atoms with Crippen LogP contribution in [0.4, 0.5) is 0 Å². The summed E-state index contributed by atoms with van der Waals surface area (Å²) in [5, 5.41) is 4.38. The second-order valence-corrected chi connectivity index (χ2v) is 9.82. The Balaban J connectivity index is 1.72. The van der Waals surface area contributed by atoms with Crippen molar-refractivity contribution in [3.8, 4) is 0 Å². The molecular weight excluding hydrogens is 428 g/mol. The minimum absolute atomic E-state index is 0.0799. The summed E-state index contributed by atoms with van der Waals surface area (Å²) in [6, 6.07) is 16.6. The molecule has 1 amide bonds. The van der Waals surface area contributed by atoms with Crippen LogP contribution in [0.25, 0.3) is 43.6 Å². The number of benzene rings is 3. The summed E-state index contributed by atoms with van der Waals surface area (Å²) in [4.78, 5) is 15.4.